The number of para-hydroxylation sites is 13. The van der Waals surface area contributed by atoms with Gasteiger partial charge in [-0.3, -0.25) is 0 Å². The molecule has 0 radical (unpaired) electrons. The zero-order chi connectivity index (χ0) is 81.6. The van der Waals surface area contributed by atoms with Gasteiger partial charge in [0, 0.05) is 183 Å². The number of fused-ring (bicyclic) bond motifs is 25. The molecule has 0 atom stereocenters. The predicted molar refractivity (Wildman–Crippen MR) is 530 cm³/mol. The molecule has 0 bridgehead atoms. The van der Waals surface area contributed by atoms with E-state index in [1.54, 1.807) is 0 Å². The number of benzene rings is 19. The Hall–Kier alpha value is -16.4. The van der Waals surface area contributed by atoms with Crippen molar-refractivity contribution >= 4 is 231 Å². The van der Waals surface area contributed by atoms with Crippen LogP contribution >= 0.6 is 0 Å². The first kappa shape index (κ1) is 67.3. The van der Waals surface area contributed by atoms with E-state index in [9.17, 15) is 0 Å². The minimum absolute atomic E-state index is 0.126. The van der Waals surface area contributed by atoms with Crippen LogP contribution < -0.4 is 52.4 Å². The Labute approximate surface area is 725 Å². The van der Waals surface area contributed by atoms with E-state index in [0.29, 0.717) is 0 Å². The predicted octanol–water partition coefficient (Wildman–Crippen LogP) is 24.9. The Bertz CT molecular complexity index is 8530. The Morgan fingerprint density at radius 2 is 0.603 bits per heavy atom. The molecule has 0 amide bonds. The fourth-order valence-corrected chi connectivity index (χ4v) is 24.2. The summed E-state index contributed by atoms with van der Waals surface area (Å²) in [6.07, 6.45) is 0. The second kappa shape index (κ2) is 24.7. The van der Waals surface area contributed by atoms with Crippen LogP contribution in [0.25, 0.3) is 154 Å². The highest BCUT2D eigenvalue weighted by Crippen LogP contribution is 2.59. The van der Waals surface area contributed by atoms with Crippen molar-refractivity contribution in [3.05, 3.63) is 413 Å². The fourth-order valence-electron chi connectivity index (χ4n) is 24.2. The zero-order valence-corrected chi connectivity index (χ0v) is 68.0. The maximum Gasteiger partial charge on any atom is 0.333 e. The molecule has 0 aliphatic carbocycles. The van der Waals surface area contributed by atoms with Crippen LogP contribution in [-0.4, -0.2) is 43.1 Å². The Kier molecular flexibility index (Phi) is 13.2. The highest BCUT2D eigenvalue weighted by Gasteiger charge is 2.53. The summed E-state index contributed by atoms with van der Waals surface area (Å²) in [7, 11) is 0. The van der Waals surface area contributed by atoms with Crippen molar-refractivity contribution in [1.29, 1.82) is 0 Å². The Morgan fingerprint density at radius 1 is 0.198 bits per heavy atom. The third-order valence-electron chi connectivity index (χ3n) is 28.8. The second-order valence-corrected chi connectivity index (χ2v) is 34.8. The molecule has 578 valence electrons. The molecule has 0 fully saturated rings. The van der Waals surface area contributed by atoms with Crippen LogP contribution in [0, 0.1) is 0 Å². The SMILES string of the molecule is c1ccc(N(c2ccccc2)c2ccc3c(c2)N(c2ccccc2)c2cc4c5c6c2B3n2c3ccccc3c3c(-c7ccc8c(c7)c7cccc9c7n8-c7cc(-n8c%10ccccc%10c%10ccccc%108)cc8c7B9n7c9ccccc9c9cccc-8c97)c7c8ccccc8n(c7c-6c32)B5c2ccc(N(c3ccccc3)c3ccccc3)cc2N4c2ccccc2)cc1. The lowest BCUT2D eigenvalue weighted by Crippen LogP contribution is -2.63. The quantitative estimate of drug-likeness (QED) is 0.128. The largest absolute Gasteiger partial charge is 0.375 e. The summed E-state index contributed by atoms with van der Waals surface area (Å²) in [4.78, 5) is 10.1. The first-order valence-electron chi connectivity index (χ1n) is 43.9. The normalized spacial score (nSPS) is 13.3. The van der Waals surface area contributed by atoms with Gasteiger partial charge in [0.15, 0.2) is 0 Å². The summed E-state index contributed by atoms with van der Waals surface area (Å²) in [6.45, 7) is -0.736. The summed E-state index contributed by atoms with van der Waals surface area (Å²) >= 11 is 0. The average molecular weight is 1600 g/mol. The zero-order valence-electron chi connectivity index (χ0n) is 68.0. The second-order valence-electron chi connectivity index (χ2n) is 34.8. The summed E-state index contributed by atoms with van der Waals surface area (Å²) < 4.78 is 13.6. The lowest BCUT2D eigenvalue weighted by Gasteiger charge is -2.47. The van der Waals surface area contributed by atoms with E-state index in [2.05, 4.69) is 455 Å². The third kappa shape index (κ3) is 8.57. The number of hydrogen-bond acceptors (Lipinski definition) is 4. The lowest BCUT2D eigenvalue weighted by atomic mass is 9.39. The Balaban J connectivity index is 0.745. The number of rotatable bonds is 10. The summed E-state index contributed by atoms with van der Waals surface area (Å²) in [5, 5.41) is 12.5. The van der Waals surface area contributed by atoms with Crippen LogP contribution in [0.2, 0.25) is 0 Å². The van der Waals surface area contributed by atoms with E-state index in [-0.39, 0.29) is 20.5 Å². The van der Waals surface area contributed by atoms with Crippen molar-refractivity contribution in [3.63, 3.8) is 0 Å². The van der Waals surface area contributed by atoms with Crippen molar-refractivity contribution in [3.8, 4) is 44.8 Å². The molecule has 24 aromatic rings. The first-order chi connectivity index (χ1) is 62.6. The fraction of sp³-hybridized carbons (Fsp3) is 0. The molecule has 0 saturated heterocycles. The summed E-state index contributed by atoms with van der Waals surface area (Å²) in [5.74, 6) is 0. The van der Waals surface area contributed by atoms with Crippen molar-refractivity contribution in [2.75, 3.05) is 19.6 Å². The van der Waals surface area contributed by atoms with Gasteiger partial charge in [-0.1, -0.05) is 255 Å². The molecule has 12 heteroatoms. The topological polar surface area (TPSA) is 37.6 Å². The van der Waals surface area contributed by atoms with Gasteiger partial charge in [-0.2, -0.15) is 0 Å². The van der Waals surface area contributed by atoms with Crippen molar-refractivity contribution in [2.24, 2.45) is 0 Å². The monoisotopic (exact) mass is 1600 g/mol. The molecule has 6 aliphatic heterocycles. The smallest absolute Gasteiger partial charge is 0.333 e. The molecule has 0 saturated carbocycles. The van der Waals surface area contributed by atoms with Gasteiger partial charge >= 0.3 is 20.5 Å². The number of anilines is 12. The first-order valence-corrected chi connectivity index (χ1v) is 43.9. The molecule has 0 spiro atoms. The van der Waals surface area contributed by atoms with Gasteiger partial charge in [-0.05, 0) is 207 Å². The molecule has 6 aliphatic rings. The molecule has 5 aromatic heterocycles. The molecular weight excluding hydrogens is 1530 g/mol. The minimum atomic E-state index is -0.305. The van der Waals surface area contributed by atoms with E-state index >= 15 is 0 Å². The van der Waals surface area contributed by atoms with E-state index in [0.717, 1.165) is 73.9 Å². The molecule has 9 nitrogen and oxygen atoms in total. The van der Waals surface area contributed by atoms with Gasteiger partial charge in [-0.15, -0.1) is 0 Å². The van der Waals surface area contributed by atoms with Crippen LogP contribution in [0.3, 0.4) is 0 Å². The van der Waals surface area contributed by atoms with Gasteiger partial charge in [0.1, 0.15) is 0 Å². The van der Waals surface area contributed by atoms with E-state index in [1.165, 1.54) is 181 Å². The maximum atomic E-state index is 2.82. The average Bonchev–Trinajstić information content (AvgIpc) is 1.46. The summed E-state index contributed by atoms with van der Waals surface area (Å²) in [5.41, 5.74) is 42.9. The molecule has 0 unspecified atom stereocenters. The number of aromatic nitrogens is 5. The molecule has 0 N–H and O–H groups in total. The highest BCUT2D eigenvalue weighted by atomic mass is 15.2. The van der Waals surface area contributed by atoms with Gasteiger partial charge in [0.25, 0.3) is 0 Å². The van der Waals surface area contributed by atoms with Gasteiger partial charge in [0.05, 0.1) is 22.1 Å². The molecular formula is C114H68B3N9. The highest BCUT2D eigenvalue weighted by molar-refractivity contribution is 6.95. The molecule has 126 heavy (non-hydrogen) atoms. The van der Waals surface area contributed by atoms with Gasteiger partial charge in [-0.25, -0.2) is 0 Å². The van der Waals surface area contributed by atoms with Crippen LogP contribution in [0.1, 0.15) is 0 Å². The maximum absolute atomic E-state index is 2.82. The van der Waals surface area contributed by atoms with E-state index in [4.69, 9.17) is 0 Å². The number of nitrogens with zero attached hydrogens (tertiary/aromatic N) is 9. The van der Waals surface area contributed by atoms with E-state index in [1.807, 2.05) is 0 Å². The van der Waals surface area contributed by atoms with Crippen LogP contribution in [0.15, 0.2) is 413 Å². The van der Waals surface area contributed by atoms with E-state index < -0.39 is 0 Å². The molecule has 11 heterocycles. The van der Waals surface area contributed by atoms with Crippen molar-refractivity contribution in [2.45, 2.75) is 0 Å². The Morgan fingerprint density at radius 3 is 1.11 bits per heavy atom. The van der Waals surface area contributed by atoms with Crippen LogP contribution in [0.5, 0.6) is 0 Å². The van der Waals surface area contributed by atoms with Crippen molar-refractivity contribution in [1.82, 2.24) is 22.6 Å². The van der Waals surface area contributed by atoms with Crippen molar-refractivity contribution < 1.29 is 0 Å². The molecule has 30 rings (SSSR count). The van der Waals surface area contributed by atoms with Gasteiger partial charge < -0.3 is 42.2 Å². The van der Waals surface area contributed by atoms with Gasteiger partial charge in [0.2, 0.25) is 0 Å². The minimum Gasteiger partial charge on any atom is -0.375 e. The molecule has 19 aromatic carbocycles. The number of hydrogen-bond donors (Lipinski definition) is 0. The van der Waals surface area contributed by atoms with Crippen LogP contribution in [0.4, 0.5) is 68.2 Å². The lowest BCUT2D eigenvalue weighted by molar-refractivity contribution is 1.13. The van der Waals surface area contributed by atoms with Crippen LogP contribution in [-0.2, 0) is 0 Å². The standard InChI is InChI=1S/C114H68B3N9/c1-7-31-70(32-8-1)118(71-33-9-2-10-34-71)76-58-60-89-98(65-76)120(74-39-15-5-16-40-74)101-68-102-110-106-107-113-104(85-46-22-27-55-96(85)125(113)115(89)109(101)106)103(105-86-47-23-28-56-97(86)126(114(105)107)116(110)90-61-59-77(66-99(90)121(102)75-41-17-6-18-42-75)119(72-35-11-3-12-36-72)73-37-13-4-14-38-73)69-57-62-94-87(63-69)83-50-30-51-91-112(83)123(94)100-67-78(122-92-52-24-19-43-79(92)80-44-20-25-53-93(80)122)64-88-84-49-29-48-82-81-45-21-26-54-95(81)124(111(82)84)117(91)108(88)100/h1-68H. The summed E-state index contributed by atoms with van der Waals surface area (Å²) in [6, 6.07) is 156. The third-order valence-corrected chi connectivity index (χ3v) is 28.8.